The topological polar surface area (TPSA) is 0 Å². The van der Waals surface area contributed by atoms with Gasteiger partial charge in [0.1, 0.15) is 0 Å². The summed E-state index contributed by atoms with van der Waals surface area (Å²) in [6, 6.07) is 39.3. The third-order valence-corrected chi connectivity index (χ3v) is 3.63. The smallest absolute Gasteiger partial charge is 0.214 e. The molecule has 0 unspecified atom stereocenters. The zero-order chi connectivity index (χ0) is 18.5. The maximum Gasteiger partial charge on any atom is 3.00 e. The summed E-state index contributed by atoms with van der Waals surface area (Å²) in [6.45, 7) is 4.42. The Bertz CT molecular complexity index is 830. The molecule has 0 aromatic heterocycles. The van der Waals surface area contributed by atoms with E-state index in [-0.39, 0.29) is 51.0 Å². The number of rotatable bonds is 0. The molecule has 4 heteroatoms. The van der Waals surface area contributed by atoms with E-state index in [4.69, 9.17) is 0 Å². The van der Waals surface area contributed by atoms with Crippen LogP contribution in [0, 0.1) is 0 Å². The molecule has 150 valence electrons. The van der Waals surface area contributed by atoms with Crippen LogP contribution in [0.3, 0.4) is 0 Å². The van der Waals surface area contributed by atoms with Crippen molar-refractivity contribution < 1.29 is 26.2 Å². The molecule has 5 aromatic rings. The van der Waals surface area contributed by atoms with Crippen LogP contribution in [0.1, 0.15) is 0 Å². The second-order valence-corrected chi connectivity index (χ2v) is 6.98. The molecule has 2 radical (unpaired) electrons. The normalized spacial score (nSPS) is 8.34. The van der Waals surface area contributed by atoms with Crippen LogP contribution in [0.5, 0.6) is 0 Å². The zero-order valence-corrected chi connectivity index (χ0v) is 22.1. The van der Waals surface area contributed by atoms with E-state index in [9.17, 15) is 0 Å². The van der Waals surface area contributed by atoms with Crippen LogP contribution in [0.4, 0.5) is 0 Å². The Morgan fingerprint density at radius 2 is 0.862 bits per heavy atom. The minimum absolute atomic E-state index is 0. The molecule has 0 saturated heterocycles. The number of halogens is 2. The van der Waals surface area contributed by atoms with Gasteiger partial charge in [-0.1, -0.05) is 49.5 Å². The first-order valence-electron chi connectivity index (χ1n) is 8.97. The molecule has 0 saturated carbocycles. The average Bonchev–Trinajstić information content (AvgIpc) is 3.47. The molecule has 5 rings (SSSR count). The van der Waals surface area contributed by atoms with Gasteiger partial charge in [-0.3, -0.25) is 0 Å². The summed E-state index contributed by atoms with van der Waals surface area (Å²) in [5.41, 5.74) is 0. The third kappa shape index (κ3) is 10.9. The monoisotopic (exact) mass is 516 g/mol. The number of hydrogen-bond acceptors (Lipinski definition) is 0. The first kappa shape index (κ1) is 29.9. The van der Waals surface area contributed by atoms with Crippen molar-refractivity contribution in [1.82, 2.24) is 0 Å². The Morgan fingerprint density at radius 1 is 0.552 bits per heavy atom. The molecule has 0 N–H and O–H groups in total. The Morgan fingerprint density at radius 3 is 1.14 bits per heavy atom. The first-order valence-corrected chi connectivity index (χ1v) is 11.3. The Balaban J connectivity index is 0. The van der Waals surface area contributed by atoms with Crippen LogP contribution < -0.4 is 0 Å². The van der Waals surface area contributed by atoms with E-state index in [1.165, 1.54) is 21.5 Å². The van der Waals surface area contributed by atoms with E-state index in [0.717, 1.165) is 9.52 Å². The van der Waals surface area contributed by atoms with Crippen molar-refractivity contribution in [1.29, 1.82) is 0 Å². The van der Waals surface area contributed by atoms with Gasteiger partial charge in [-0.05, 0) is 0 Å². The van der Waals surface area contributed by atoms with Crippen LogP contribution in [0.25, 0.3) is 21.5 Å². The summed E-state index contributed by atoms with van der Waals surface area (Å²) in [6.07, 6.45) is 0. The Hall–Kier alpha value is -1.31. The molecule has 0 nitrogen and oxygen atoms in total. The molecule has 0 aliphatic carbocycles. The van der Waals surface area contributed by atoms with Crippen molar-refractivity contribution in [2.75, 3.05) is 0 Å². The predicted molar refractivity (Wildman–Crippen MR) is 134 cm³/mol. The van der Waals surface area contributed by atoms with Crippen molar-refractivity contribution in [2.24, 2.45) is 0 Å². The molecule has 0 bridgehead atoms. The fraction of sp³-hybridized carbons (Fsp3) is 0.0800. The van der Waals surface area contributed by atoms with E-state index in [1.807, 2.05) is 60.7 Å². The maximum atomic E-state index is 2.24. The Kier molecular flexibility index (Phi) is 19.3. The molecule has 0 fully saturated rings. The second kappa shape index (κ2) is 18.7. The van der Waals surface area contributed by atoms with Gasteiger partial charge in [-0.25, -0.2) is 24.3 Å². The minimum Gasteiger partial charge on any atom is -0.214 e. The van der Waals surface area contributed by atoms with E-state index in [0.29, 0.717) is 0 Å². The van der Waals surface area contributed by atoms with Gasteiger partial charge in [-0.15, -0.1) is 64.6 Å². The van der Waals surface area contributed by atoms with E-state index >= 15 is 0 Å². The van der Waals surface area contributed by atoms with Crippen LogP contribution in [0.15, 0.2) is 115 Å². The molecular weight excluding hydrogens is 490 g/mol. The van der Waals surface area contributed by atoms with Gasteiger partial charge in [0.05, 0.1) is 0 Å². The van der Waals surface area contributed by atoms with Gasteiger partial charge in [0.2, 0.25) is 0 Å². The molecule has 0 spiro atoms. The van der Waals surface area contributed by atoms with E-state index in [2.05, 4.69) is 67.7 Å². The van der Waals surface area contributed by atoms with Crippen molar-refractivity contribution in [3.05, 3.63) is 115 Å². The predicted octanol–water partition coefficient (Wildman–Crippen LogP) is 7.88. The van der Waals surface area contributed by atoms with Crippen molar-refractivity contribution in [3.63, 3.8) is 0 Å². The molecule has 5 aromatic carbocycles. The van der Waals surface area contributed by atoms with Gasteiger partial charge in [0.15, 0.2) is 0 Å². The van der Waals surface area contributed by atoms with Gasteiger partial charge in [0.25, 0.3) is 0 Å². The van der Waals surface area contributed by atoms with Crippen LogP contribution in [0.2, 0.25) is 13.1 Å². The van der Waals surface area contributed by atoms with Crippen LogP contribution in [-0.4, -0.2) is 9.52 Å². The Labute approximate surface area is 209 Å². The summed E-state index contributed by atoms with van der Waals surface area (Å²) in [5, 5.41) is 5.39. The first-order chi connectivity index (χ1) is 12.9. The van der Waals surface area contributed by atoms with Gasteiger partial charge in [-0.2, -0.15) is 36.4 Å². The standard InChI is InChI=1S/C13H9.2C5H5.C2H7Si.2ClH.Zr/c1-3-7-12-10(5-1)9-11-6-2-4-8-13(11)12;2*1-2-4-5-3-1;1-3-2;;;/h1-9H;2*1-5H;3H,1-2H3;2*1H;/q3*-1;;;;+3. The SMILES string of the molecule is C[SiH]C.Cl.Cl.[Zr+3].c1cc[cH-]c1.c1cc[cH-]c1.c1ccc2c(c1)[cH-]c1ccccc12. The molecule has 0 amide bonds. The number of benzene rings is 2. The fourth-order valence-corrected chi connectivity index (χ4v) is 2.55. The third-order valence-electron chi connectivity index (χ3n) is 3.63. The van der Waals surface area contributed by atoms with Crippen molar-refractivity contribution in [3.8, 4) is 0 Å². The summed E-state index contributed by atoms with van der Waals surface area (Å²) >= 11 is 0. The van der Waals surface area contributed by atoms with Crippen LogP contribution in [-0.2, 0) is 26.2 Å². The summed E-state index contributed by atoms with van der Waals surface area (Å²) in [5.74, 6) is 0. The average molecular weight is 519 g/mol. The summed E-state index contributed by atoms with van der Waals surface area (Å²) in [4.78, 5) is 0. The second-order valence-electron chi connectivity index (χ2n) is 5.82. The van der Waals surface area contributed by atoms with Crippen LogP contribution >= 0.6 is 24.8 Å². The minimum atomic E-state index is 0. The number of fused-ring (bicyclic) bond motifs is 3. The van der Waals surface area contributed by atoms with Gasteiger partial charge < -0.3 is 0 Å². The van der Waals surface area contributed by atoms with Crippen molar-refractivity contribution >= 4 is 55.9 Å². The molecule has 29 heavy (non-hydrogen) atoms. The molecule has 0 aliphatic rings. The molecule has 0 heterocycles. The number of hydrogen-bond donors (Lipinski definition) is 0. The summed E-state index contributed by atoms with van der Waals surface area (Å²) in [7, 11) is 0.750. The molecular formula is C25H28Cl2SiZr. The molecule has 0 aliphatic heterocycles. The quantitative estimate of drug-likeness (QED) is 0.144. The maximum absolute atomic E-state index is 2.24. The van der Waals surface area contributed by atoms with E-state index in [1.54, 1.807) is 0 Å². The van der Waals surface area contributed by atoms with Gasteiger partial charge >= 0.3 is 26.2 Å². The fourth-order valence-electron chi connectivity index (χ4n) is 2.55. The van der Waals surface area contributed by atoms with Crippen molar-refractivity contribution in [2.45, 2.75) is 13.1 Å². The summed E-state index contributed by atoms with van der Waals surface area (Å²) < 4.78 is 0. The zero-order valence-electron chi connectivity index (χ0n) is 16.9. The van der Waals surface area contributed by atoms with E-state index < -0.39 is 0 Å². The van der Waals surface area contributed by atoms with Gasteiger partial charge in [0, 0.05) is 9.52 Å². The largest absolute Gasteiger partial charge is 3.00 e. The molecule has 0 atom stereocenters.